The van der Waals surface area contributed by atoms with Gasteiger partial charge in [-0.2, -0.15) is 0 Å². The Balaban J connectivity index is 0.00000144. The Morgan fingerprint density at radius 1 is 1.41 bits per heavy atom. The maximum absolute atomic E-state index is 11.6. The van der Waals surface area contributed by atoms with Crippen molar-refractivity contribution in [2.75, 3.05) is 13.1 Å². The van der Waals surface area contributed by atoms with Gasteiger partial charge in [-0.25, -0.2) is 0 Å². The van der Waals surface area contributed by atoms with E-state index in [0.29, 0.717) is 24.7 Å². The van der Waals surface area contributed by atoms with Gasteiger partial charge in [0.15, 0.2) is 0 Å². The van der Waals surface area contributed by atoms with E-state index in [1.165, 1.54) is 0 Å². The smallest absolute Gasteiger partial charge is 0.220 e. The summed E-state index contributed by atoms with van der Waals surface area (Å²) in [5.74, 6) is 0.178. The zero-order valence-corrected chi connectivity index (χ0v) is 11.2. The molecule has 2 fully saturated rings. The molecule has 0 bridgehead atoms. The molecule has 0 spiro atoms. The number of ether oxygens (including phenoxy) is 1. The molecular weight excluding hydrogens is 240 g/mol. The van der Waals surface area contributed by atoms with Crippen molar-refractivity contribution in [2.45, 2.75) is 57.3 Å². The highest BCUT2D eigenvalue weighted by molar-refractivity contribution is 5.85. The average molecular weight is 263 g/mol. The number of rotatable bonds is 4. The zero-order valence-electron chi connectivity index (χ0n) is 10.4. The molecule has 2 aliphatic rings. The molecule has 3 atom stereocenters. The molecule has 0 aliphatic carbocycles. The second kappa shape index (κ2) is 7.19. The number of nitrogens with one attached hydrogen (secondary N) is 2. The molecule has 0 aromatic heterocycles. The Labute approximate surface area is 109 Å². The van der Waals surface area contributed by atoms with Crippen molar-refractivity contribution in [1.29, 1.82) is 0 Å². The van der Waals surface area contributed by atoms with Crippen LogP contribution in [0.2, 0.25) is 0 Å². The lowest BCUT2D eigenvalue weighted by atomic mass is 10.1. The van der Waals surface area contributed by atoms with E-state index in [1.807, 2.05) is 0 Å². The molecule has 2 heterocycles. The Morgan fingerprint density at radius 3 is 2.82 bits per heavy atom. The summed E-state index contributed by atoms with van der Waals surface area (Å²) < 4.78 is 5.69. The summed E-state index contributed by atoms with van der Waals surface area (Å²) in [6.07, 6.45) is 5.47. The van der Waals surface area contributed by atoms with Crippen LogP contribution in [-0.2, 0) is 9.53 Å². The van der Waals surface area contributed by atoms with Gasteiger partial charge in [-0.1, -0.05) is 0 Å². The van der Waals surface area contributed by atoms with Crippen LogP contribution < -0.4 is 10.6 Å². The molecule has 5 heteroatoms. The zero-order chi connectivity index (χ0) is 11.4. The van der Waals surface area contributed by atoms with Crippen molar-refractivity contribution >= 4 is 18.3 Å². The van der Waals surface area contributed by atoms with Crippen LogP contribution in [0, 0.1) is 0 Å². The maximum atomic E-state index is 11.6. The summed E-state index contributed by atoms with van der Waals surface area (Å²) in [5, 5.41) is 6.30. The first-order valence-corrected chi connectivity index (χ1v) is 6.39. The maximum Gasteiger partial charge on any atom is 0.220 e. The van der Waals surface area contributed by atoms with Gasteiger partial charge in [0.1, 0.15) is 0 Å². The van der Waals surface area contributed by atoms with E-state index in [9.17, 15) is 4.79 Å². The molecule has 2 N–H and O–H groups in total. The number of hydrogen-bond donors (Lipinski definition) is 2. The van der Waals surface area contributed by atoms with Gasteiger partial charge >= 0.3 is 0 Å². The van der Waals surface area contributed by atoms with Gasteiger partial charge in [0.05, 0.1) is 12.2 Å². The molecule has 4 nitrogen and oxygen atoms in total. The van der Waals surface area contributed by atoms with E-state index in [0.717, 1.165) is 38.8 Å². The molecule has 0 aromatic carbocycles. The van der Waals surface area contributed by atoms with Crippen molar-refractivity contribution < 1.29 is 9.53 Å². The highest BCUT2D eigenvalue weighted by atomic mass is 35.5. The molecule has 0 radical (unpaired) electrons. The van der Waals surface area contributed by atoms with Crippen molar-refractivity contribution in [1.82, 2.24) is 10.6 Å². The van der Waals surface area contributed by atoms with E-state index in [2.05, 4.69) is 17.6 Å². The minimum absolute atomic E-state index is 0. The van der Waals surface area contributed by atoms with Gasteiger partial charge in [0.2, 0.25) is 5.91 Å². The first kappa shape index (κ1) is 14.7. The average Bonchev–Trinajstić information content (AvgIpc) is 2.87. The summed E-state index contributed by atoms with van der Waals surface area (Å²) in [7, 11) is 0. The Bertz CT molecular complexity index is 245. The third-order valence-electron chi connectivity index (χ3n) is 3.44. The van der Waals surface area contributed by atoms with Crippen LogP contribution in [0.5, 0.6) is 0 Å². The molecule has 1 amide bonds. The van der Waals surface area contributed by atoms with E-state index in [1.54, 1.807) is 0 Å². The largest absolute Gasteiger partial charge is 0.375 e. The molecule has 2 rings (SSSR count). The molecule has 2 aliphatic heterocycles. The fourth-order valence-corrected chi connectivity index (χ4v) is 2.47. The molecule has 2 saturated heterocycles. The Kier molecular flexibility index (Phi) is 6.23. The number of carbonyl (C=O) groups is 1. The van der Waals surface area contributed by atoms with Crippen molar-refractivity contribution in [2.24, 2.45) is 0 Å². The van der Waals surface area contributed by atoms with Crippen LogP contribution >= 0.6 is 12.4 Å². The molecule has 100 valence electrons. The summed E-state index contributed by atoms with van der Waals surface area (Å²) in [5.41, 5.74) is 0. The van der Waals surface area contributed by atoms with E-state index >= 15 is 0 Å². The summed E-state index contributed by atoms with van der Waals surface area (Å²) >= 11 is 0. The number of amides is 1. The minimum atomic E-state index is 0. The van der Waals surface area contributed by atoms with Crippen LogP contribution in [0.15, 0.2) is 0 Å². The lowest BCUT2D eigenvalue weighted by Gasteiger charge is -2.13. The minimum Gasteiger partial charge on any atom is -0.375 e. The topological polar surface area (TPSA) is 50.4 Å². The van der Waals surface area contributed by atoms with Crippen LogP contribution in [0.3, 0.4) is 0 Å². The lowest BCUT2D eigenvalue weighted by molar-refractivity contribution is -0.122. The van der Waals surface area contributed by atoms with Crippen LogP contribution in [0.25, 0.3) is 0 Å². The molecule has 17 heavy (non-hydrogen) atoms. The Hall–Kier alpha value is -0.320. The SMILES string of the molecule is CC1CCC(CCC(=O)NC2CCNC2)O1.Cl. The van der Waals surface area contributed by atoms with Crippen molar-refractivity contribution in [3.63, 3.8) is 0 Å². The predicted octanol–water partition coefficient (Wildman–Crippen LogP) is 1.23. The molecule has 0 aromatic rings. The normalized spacial score (nSPS) is 32.2. The van der Waals surface area contributed by atoms with Gasteiger partial charge < -0.3 is 15.4 Å². The first-order valence-electron chi connectivity index (χ1n) is 6.39. The number of carbonyl (C=O) groups excluding carboxylic acids is 1. The van der Waals surface area contributed by atoms with Crippen LogP contribution in [0.4, 0.5) is 0 Å². The predicted molar refractivity (Wildman–Crippen MR) is 69.5 cm³/mol. The van der Waals surface area contributed by atoms with E-state index in [4.69, 9.17) is 4.74 Å². The van der Waals surface area contributed by atoms with Gasteiger partial charge in [-0.15, -0.1) is 12.4 Å². The summed E-state index contributed by atoms with van der Waals surface area (Å²) in [6.45, 7) is 4.04. The third-order valence-corrected chi connectivity index (χ3v) is 3.44. The lowest BCUT2D eigenvalue weighted by Crippen LogP contribution is -2.36. The fraction of sp³-hybridized carbons (Fsp3) is 0.917. The quantitative estimate of drug-likeness (QED) is 0.801. The first-order chi connectivity index (χ1) is 7.74. The van der Waals surface area contributed by atoms with Gasteiger partial charge in [0.25, 0.3) is 0 Å². The van der Waals surface area contributed by atoms with Gasteiger partial charge in [0, 0.05) is 19.0 Å². The highest BCUT2D eigenvalue weighted by Gasteiger charge is 2.23. The fourth-order valence-electron chi connectivity index (χ4n) is 2.47. The van der Waals surface area contributed by atoms with E-state index in [-0.39, 0.29) is 18.3 Å². The highest BCUT2D eigenvalue weighted by Crippen LogP contribution is 2.22. The monoisotopic (exact) mass is 262 g/mol. The second-order valence-electron chi connectivity index (χ2n) is 4.94. The number of hydrogen-bond acceptors (Lipinski definition) is 3. The Morgan fingerprint density at radius 2 is 2.24 bits per heavy atom. The number of halogens is 1. The second-order valence-corrected chi connectivity index (χ2v) is 4.94. The van der Waals surface area contributed by atoms with Crippen LogP contribution in [0.1, 0.15) is 39.0 Å². The van der Waals surface area contributed by atoms with Gasteiger partial charge in [-0.3, -0.25) is 4.79 Å². The molecule has 3 unspecified atom stereocenters. The molecular formula is C12H23ClN2O2. The van der Waals surface area contributed by atoms with Crippen molar-refractivity contribution in [3.05, 3.63) is 0 Å². The van der Waals surface area contributed by atoms with Crippen molar-refractivity contribution in [3.8, 4) is 0 Å². The summed E-state index contributed by atoms with van der Waals surface area (Å²) in [4.78, 5) is 11.6. The van der Waals surface area contributed by atoms with E-state index < -0.39 is 0 Å². The third kappa shape index (κ3) is 4.82. The van der Waals surface area contributed by atoms with Crippen LogP contribution in [-0.4, -0.2) is 37.2 Å². The molecule has 0 saturated carbocycles. The standard InChI is InChI=1S/C12H22N2O2.ClH/c1-9-2-3-11(16-9)4-5-12(15)14-10-6-7-13-8-10;/h9-11,13H,2-8H2,1H3,(H,14,15);1H. The summed E-state index contributed by atoms with van der Waals surface area (Å²) in [6, 6.07) is 0.343. The van der Waals surface area contributed by atoms with Gasteiger partial charge in [-0.05, 0) is 39.2 Å².